The standard InChI is InChI=1S/C25H34N2S/c1-20(2)22-8-6-9-23(16-22)27-15-12-21(18-27)19-28-25-11-7-10-24(17-25)26-13-4-3-5-14-26/h6-11,16-17,20-21H,3-5,12-15,18-19H2,1-2H3. The van der Waals surface area contributed by atoms with Gasteiger partial charge in [0.1, 0.15) is 0 Å². The van der Waals surface area contributed by atoms with Gasteiger partial charge < -0.3 is 9.80 Å². The highest BCUT2D eigenvalue weighted by Gasteiger charge is 2.23. The van der Waals surface area contributed by atoms with Crippen molar-refractivity contribution in [3.8, 4) is 0 Å². The van der Waals surface area contributed by atoms with E-state index in [2.05, 4.69) is 72.2 Å². The lowest BCUT2D eigenvalue weighted by Crippen LogP contribution is -2.29. The van der Waals surface area contributed by atoms with E-state index in [1.165, 1.54) is 79.4 Å². The molecule has 0 amide bonds. The summed E-state index contributed by atoms with van der Waals surface area (Å²) in [5.41, 5.74) is 4.28. The fourth-order valence-corrected chi connectivity index (χ4v) is 5.50. The summed E-state index contributed by atoms with van der Waals surface area (Å²) < 4.78 is 0. The average molecular weight is 395 g/mol. The number of benzene rings is 2. The molecule has 3 heteroatoms. The number of piperidine rings is 1. The van der Waals surface area contributed by atoms with Crippen molar-refractivity contribution in [1.29, 1.82) is 0 Å². The Morgan fingerprint density at radius 1 is 0.893 bits per heavy atom. The van der Waals surface area contributed by atoms with Crippen molar-refractivity contribution >= 4 is 23.1 Å². The number of nitrogens with zero attached hydrogens (tertiary/aromatic N) is 2. The normalized spacial score (nSPS) is 20.2. The summed E-state index contributed by atoms with van der Waals surface area (Å²) >= 11 is 2.05. The highest BCUT2D eigenvalue weighted by Crippen LogP contribution is 2.32. The summed E-state index contributed by atoms with van der Waals surface area (Å²) in [6.45, 7) is 9.39. The van der Waals surface area contributed by atoms with Crippen LogP contribution in [-0.2, 0) is 0 Å². The van der Waals surface area contributed by atoms with Crippen LogP contribution in [0.1, 0.15) is 51.0 Å². The third-order valence-electron chi connectivity index (χ3n) is 6.21. The van der Waals surface area contributed by atoms with Crippen LogP contribution in [0.3, 0.4) is 0 Å². The van der Waals surface area contributed by atoms with Gasteiger partial charge in [0.2, 0.25) is 0 Å². The van der Waals surface area contributed by atoms with Gasteiger partial charge in [0.05, 0.1) is 0 Å². The predicted molar refractivity (Wildman–Crippen MR) is 124 cm³/mol. The zero-order chi connectivity index (χ0) is 19.3. The SMILES string of the molecule is CC(C)c1cccc(N2CCC(CSc3cccc(N4CCCCC4)c3)C2)c1. The summed E-state index contributed by atoms with van der Waals surface area (Å²) in [5.74, 6) is 2.61. The summed E-state index contributed by atoms with van der Waals surface area (Å²) in [4.78, 5) is 6.58. The summed E-state index contributed by atoms with van der Waals surface area (Å²) in [6.07, 6.45) is 5.38. The van der Waals surface area contributed by atoms with Crippen LogP contribution >= 0.6 is 11.8 Å². The van der Waals surface area contributed by atoms with Crippen LogP contribution in [0.5, 0.6) is 0 Å². The molecule has 2 fully saturated rings. The van der Waals surface area contributed by atoms with Crippen molar-refractivity contribution in [2.75, 3.05) is 41.7 Å². The molecule has 4 rings (SSSR count). The van der Waals surface area contributed by atoms with Crippen molar-refractivity contribution in [2.45, 2.75) is 50.3 Å². The van der Waals surface area contributed by atoms with E-state index >= 15 is 0 Å². The quantitative estimate of drug-likeness (QED) is 0.522. The smallest absolute Gasteiger partial charge is 0.0377 e. The van der Waals surface area contributed by atoms with E-state index in [1.807, 2.05) is 11.8 Å². The molecule has 0 radical (unpaired) electrons. The third kappa shape index (κ3) is 4.86. The van der Waals surface area contributed by atoms with Crippen LogP contribution in [0, 0.1) is 5.92 Å². The Balaban J connectivity index is 1.32. The molecule has 2 nitrogen and oxygen atoms in total. The van der Waals surface area contributed by atoms with Gasteiger partial charge in [0, 0.05) is 48.2 Å². The highest BCUT2D eigenvalue weighted by atomic mass is 32.2. The molecule has 2 aliphatic rings. The average Bonchev–Trinajstić information content (AvgIpc) is 3.22. The lowest BCUT2D eigenvalue weighted by Gasteiger charge is -2.29. The zero-order valence-corrected chi connectivity index (χ0v) is 18.3. The van der Waals surface area contributed by atoms with Gasteiger partial charge in [-0.25, -0.2) is 0 Å². The van der Waals surface area contributed by atoms with Crippen LogP contribution in [-0.4, -0.2) is 31.9 Å². The van der Waals surface area contributed by atoms with Crippen LogP contribution in [0.4, 0.5) is 11.4 Å². The minimum atomic E-state index is 0.598. The Kier molecular flexibility index (Phi) is 6.51. The molecule has 0 aromatic heterocycles. The molecule has 0 N–H and O–H groups in total. The first kappa shape index (κ1) is 19.7. The third-order valence-corrected chi connectivity index (χ3v) is 7.44. The van der Waals surface area contributed by atoms with Crippen LogP contribution in [0.25, 0.3) is 0 Å². The van der Waals surface area contributed by atoms with Crippen LogP contribution in [0.2, 0.25) is 0 Å². The van der Waals surface area contributed by atoms with Gasteiger partial charge >= 0.3 is 0 Å². The van der Waals surface area contributed by atoms with Gasteiger partial charge in [0.25, 0.3) is 0 Å². The van der Waals surface area contributed by atoms with Crippen molar-refractivity contribution in [3.63, 3.8) is 0 Å². The van der Waals surface area contributed by atoms with Gasteiger partial charge in [-0.3, -0.25) is 0 Å². The molecule has 0 bridgehead atoms. The second kappa shape index (κ2) is 9.26. The lowest BCUT2D eigenvalue weighted by atomic mass is 10.0. The molecule has 2 aliphatic heterocycles. The maximum atomic E-state index is 2.58. The number of anilines is 2. The van der Waals surface area contributed by atoms with Gasteiger partial charge in [0.15, 0.2) is 0 Å². The maximum absolute atomic E-state index is 2.58. The molecule has 1 atom stereocenters. The van der Waals surface area contributed by atoms with Crippen molar-refractivity contribution < 1.29 is 0 Å². The number of hydrogen-bond acceptors (Lipinski definition) is 3. The van der Waals surface area contributed by atoms with E-state index in [0.29, 0.717) is 5.92 Å². The van der Waals surface area contributed by atoms with E-state index in [4.69, 9.17) is 0 Å². The molecule has 0 spiro atoms. The molecule has 28 heavy (non-hydrogen) atoms. The predicted octanol–water partition coefficient (Wildman–Crippen LogP) is 6.42. The summed E-state index contributed by atoms with van der Waals surface area (Å²) in [7, 11) is 0. The summed E-state index contributed by atoms with van der Waals surface area (Å²) in [5, 5.41) is 0. The van der Waals surface area contributed by atoms with Crippen molar-refractivity contribution in [3.05, 3.63) is 54.1 Å². The fourth-order valence-electron chi connectivity index (χ4n) is 4.42. The maximum Gasteiger partial charge on any atom is 0.0377 e. The van der Waals surface area contributed by atoms with E-state index < -0.39 is 0 Å². The highest BCUT2D eigenvalue weighted by molar-refractivity contribution is 7.99. The zero-order valence-electron chi connectivity index (χ0n) is 17.4. The molecule has 1 unspecified atom stereocenters. The Labute approximate surface area is 175 Å². The topological polar surface area (TPSA) is 6.48 Å². The molecule has 0 aliphatic carbocycles. The molecule has 2 aromatic rings. The van der Waals surface area contributed by atoms with E-state index in [9.17, 15) is 0 Å². The lowest BCUT2D eigenvalue weighted by molar-refractivity contribution is 0.577. The molecular formula is C25H34N2S. The second-order valence-electron chi connectivity index (χ2n) is 8.71. The van der Waals surface area contributed by atoms with E-state index in [0.717, 1.165) is 5.92 Å². The van der Waals surface area contributed by atoms with Gasteiger partial charge in [-0.15, -0.1) is 11.8 Å². The minimum absolute atomic E-state index is 0.598. The fraction of sp³-hybridized carbons (Fsp3) is 0.520. The molecule has 2 aromatic carbocycles. The first-order valence-electron chi connectivity index (χ1n) is 11.0. The minimum Gasteiger partial charge on any atom is -0.372 e. The number of hydrogen-bond donors (Lipinski definition) is 0. The van der Waals surface area contributed by atoms with Crippen LogP contribution in [0.15, 0.2) is 53.4 Å². The largest absolute Gasteiger partial charge is 0.372 e. The molecule has 0 saturated carbocycles. The van der Waals surface area contributed by atoms with E-state index in [-0.39, 0.29) is 0 Å². The molecular weight excluding hydrogens is 360 g/mol. The number of rotatable bonds is 6. The Hall–Kier alpha value is -1.61. The first-order chi connectivity index (χ1) is 13.7. The van der Waals surface area contributed by atoms with E-state index in [1.54, 1.807) is 0 Å². The molecule has 2 heterocycles. The summed E-state index contributed by atoms with van der Waals surface area (Å²) in [6, 6.07) is 18.4. The first-order valence-corrected chi connectivity index (χ1v) is 12.0. The van der Waals surface area contributed by atoms with Crippen molar-refractivity contribution in [1.82, 2.24) is 0 Å². The molecule has 150 valence electrons. The number of thioether (sulfide) groups is 1. The Morgan fingerprint density at radius 3 is 2.43 bits per heavy atom. The van der Waals surface area contributed by atoms with Crippen molar-refractivity contribution in [2.24, 2.45) is 5.92 Å². The monoisotopic (exact) mass is 394 g/mol. The molecule has 2 saturated heterocycles. The van der Waals surface area contributed by atoms with Gasteiger partial charge in [-0.1, -0.05) is 32.0 Å². The van der Waals surface area contributed by atoms with Gasteiger partial charge in [-0.05, 0) is 73.4 Å². The Morgan fingerprint density at radius 2 is 1.64 bits per heavy atom. The Bertz CT molecular complexity index is 767. The second-order valence-corrected chi connectivity index (χ2v) is 9.80. The van der Waals surface area contributed by atoms with Crippen LogP contribution < -0.4 is 9.80 Å². The van der Waals surface area contributed by atoms with Gasteiger partial charge in [-0.2, -0.15) is 0 Å².